The number of nitrogens with zero attached hydrogens (tertiary/aromatic N) is 2. The molecule has 2 rings (SSSR count). The van der Waals surface area contributed by atoms with E-state index in [4.69, 9.17) is 16.3 Å². The summed E-state index contributed by atoms with van der Waals surface area (Å²) in [6.07, 6.45) is 1.61. The molecule has 21 heavy (non-hydrogen) atoms. The van der Waals surface area contributed by atoms with Crippen molar-refractivity contribution in [1.29, 1.82) is 0 Å². The van der Waals surface area contributed by atoms with Gasteiger partial charge in [-0.05, 0) is 33.8 Å². The minimum atomic E-state index is -3.54. The second kappa shape index (κ2) is 5.26. The van der Waals surface area contributed by atoms with Gasteiger partial charge in [-0.2, -0.15) is 4.31 Å². The van der Waals surface area contributed by atoms with Gasteiger partial charge in [-0.15, -0.1) is 11.6 Å². The molecule has 120 valence electrons. The van der Waals surface area contributed by atoms with Gasteiger partial charge < -0.3 is 9.30 Å². The summed E-state index contributed by atoms with van der Waals surface area (Å²) in [4.78, 5) is 0.286. The molecule has 0 spiro atoms. The van der Waals surface area contributed by atoms with E-state index in [2.05, 4.69) is 0 Å². The van der Waals surface area contributed by atoms with Crippen molar-refractivity contribution in [3.63, 3.8) is 0 Å². The molecule has 1 aromatic heterocycles. The highest BCUT2D eigenvalue weighted by molar-refractivity contribution is 7.89. The normalized spacial score (nSPS) is 22.4. The van der Waals surface area contributed by atoms with Gasteiger partial charge in [0, 0.05) is 32.0 Å². The zero-order chi connectivity index (χ0) is 16.1. The van der Waals surface area contributed by atoms with Crippen LogP contribution in [0, 0.1) is 0 Å². The molecule has 1 fully saturated rings. The number of sulfonamides is 1. The van der Waals surface area contributed by atoms with Crippen molar-refractivity contribution in [2.45, 2.75) is 49.7 Å². The number of aromatic nitrogens is 1. The van der Waals surface area contributed by atoms with Crippen LogP contribution in [0.25, 0.3) is 0 Å². The Morgan fingerprint density at radius 2 is 1.76 bits per heavy atom. The van der Waals surface area contributed by atoms with Gasteiger partial charge in [0.1, 0.15) is 4.90 Å². The molecule has 5 nitrogen and oxygen atoms in total. The number of halogens is 1. The van der Waals surface area contributed by atoms with Gasteiger partial charge in [0.25, 0.3) is 0 Å². The maximum atomic E-state index is 12.9. The fourth-order valence-corrected chi connectivity index (χ4v) is 4.99. The Kier molecular flexibility index (Phi) is 4.21. The van der Waals surface area contributed by atoms with Crippen LogP contribution in [0.5, 0.6) is 0 Å². The first-order chi connectivity index (χ1) is 9.47. The van der Waals surface area contributed by atoms with Crippen LogP contribution in [0.1, 0.15) is 33.4 Å². The average molecular weight is 335 g/mol. The molecule has 1 saturated heterocycles. The van der Waals surface area contributed by atoms with Crippen molar-refractivity contribution in [1.82, 2.24) is 8.87 Å². The highest BCUT2D eigenvalue weighted by atomic mass is 35.5. The lowest BCUT2D eigenvalue weighted by atomic mass is 10.0. The predicted molar refractivity (Wildman–Crippen MR) is 83.0 cm³/mol. The third kappa shape index (κ3) is 3.44. The Labute approximate surface area is 131 Å². The van der Waals surface area contributed by atoms with E-state index in [1.165, 1.54) is 4.31 Å². The molecule has 1 aromatic rings. The van der Waals surface area contributed by atoms with E-state index in [1.54, 1.807) is 23.9 Å². The van der Waals surface area contributed by atoms with Crippen LogP contribution >= 0.6 is 11.6 Å². The first-order valence-electron chi connectivity index (χ1n) is 6.88. The Hall–Kier alpha value is -0.560. The lowest BCUT2D eigenvalue weighted by Crippen LogP contribution is -2.58. The molecular weight excluding hydrogens is 312 g/mol. The van der Waals surface area contributed by atoms with Gasteiger partial charge in [-0.25, -0.2) is 8.42 Å². The molecule has 1 aliphatic heterocycles. The van der Waals surface area contributed by atoms with Gasteiger partial charge >= 0.3 is 0 Å². The standard InChI is InChI=1S/C14H23ClN2O3S/c1-13(2)9-17(10-14(3,4)20-13)21(18,19)12-6-11(7-15)16(5)8-12/h6,8H,7,9-10H2,1-5H3. The number of hydrogen-bond donors (Lipinski definition) is 0. The van der Waals surface area contributed by atoms with Crippen LogP contribution in [0.15, 0.2) is 17.2 Å². The Morgan fingerprint density at radius 3 is 2.19 bits per heavy atom. The van der Waals surface area contributed by atoms with Crippen LogP contribution in [0.3, 0.4) is 0 Å². The minimum absolute atomic E-state index is 0.284. The molecule has 0 atom stereocenters. The van der Waals surface area contributed by atoms with Gasteiger partial charge in [0.05, 0.1) is 17.1 Å². The highest BCUT2D eigenvalue weighted by Gasteiger charge is 2.43. The molecule has 0 aliphatic carbocycles. The summed E-state index contributed by atoms with van der Waals surface area (Å²) in [5, 5.41) is 0. The molecule has 0 bridgehead atoms. The zero-order valence-corrected chi connectivity index (χ0v) is 14.8. The van der Waals surface area contributed by atoms with Crippen molar-refractivity contribution in [3.8, 4) is 0 Å². The molecule has 0 unspecified atom stereocenters. The molecule has 2 heterocycles. The fraction of sp³-hybridized carbons (Fsp3) is 0.714. The molecular formula is C14H23ClN2O3S. The fourth-order valence-electron chi connectivity index (χ4n) is 2.89. The molecule has 1 aliphatic rings. The number of aryl methyl sites for hydroxylation is 1. The van der Waals surface area contributed by atoms with Crippen molar-refractivity contribution in [3.05, 3.63) is 18.0 Å². The summed E-state index contributed by atoms with van der Waals surface area (Å²) in [6, 6.07) is 1.64. The van der Waals surface area contributed by atoms with E-state index in [0.29, 0.717) is 13.1 Å². The van der Waals surface area contributed by atoms with Gasteiger partial charge in [0.2, 0.25) is 10.0 Å². The number of ether oxygens (including phenoxy) is 1. The smallest absolute Gasteiger partial charge is 0.244 e. The van der Waals surface area contributed by atoms with Crippen molar-refractivity contribution in [2.24, 2.45) is 7.05 Å². The van der Waals surface area contributed by atoms with Crippen molar-refractivity contribution < 1.29 is 13.2 Å². The van der Waals surface area contributed by atoms with E-state index >= 15 is 0 Å². The molecule has 0 aromatic carbocycles. The second-order valence-corrected chi connectivity index (χ2v) is 9.01. The number of alkyl halides is 1. The number of rotatable bonds is 3. The summed E-state index contributed by atoms with van der Waals surface area (Å²) in [7, 11) is -1.75. The predicted octanol–water partition coefficient (Wildman–Crippen LogP) is 2.34. The first-order valence-corrected chi connectivity index (χ1v) is 8.86. The highest BCUT2D eigenvalue weighted by Crippen LogP contribution is 2.32. The largest absolute Gasteiger partial charge is 0.367 e. The first kappa shape index (κ1) is 16.8. The topological polar surface area (TPSA) is 51.5 Å². The Bertz CT molecular complexity index is 619. The van der Waals surface area contributed by atoms with Gasteiger partial charge in [0.15, 0.2) is 0 Å². The number of morpholine rings is 1. The maximum absolute atomic E-state index is 12.9. The molecule has 0 amide bonds. The van der Waals surface area contributed by atoms with Gasteiger partial charge in [-0.1, -0.05) is 0 Å². The Morgan fingerprint density at radius 1 is 1.24 bits per heavy atom. The molecule has 7 heteroatoms. The monoisotopic (exact) mass is 334 g/mol. The van der Waals surface area contributed by atoms with Crippen LogP contribution in [-0.2, 0) is 27.7 Å². The Balaban J connectivity index is 2.38. The SMILES string of the molecule is Cn1cc(S(=O)(=O)N2CC(C)(C)OC(C)(C)C2)cc1CCl. The maximum Gasteiger partial charge on any atom is 0.244 e. The van der Waals surface area contributed by atoms with E-state index in [-0.39, 0.29) is 10.8 Å². The summed E-state index contributed by atoms with van der Waals surface area (Å²) in [5.74, 6) is 0.284. The van der Waals surface area contributed by atoms with E-state index in [1.807, 2.05) is 27.7 Å². The molecule has 0 saturated carbocycles. The number of hydrogen-bond acceptors (Lipinski definition) is 3. The van der Waals surface area contributed by atoms with E-state index in [0.717, 1.165) is 5.69 Å². The molecule has 0 N–H and O–H groups in total. The average Bonchev–Trinajstić information content (AvgIpc) is 2.67. The lowest BCUT2D eigenvalue weighted by molar-refractivity contribution is -0.163. The van der Waals surface area contributed by atoms with Crippen LogP contribution in [0.2, 0.25) is 0 Å². The summed E-state index contributed by atoms with van der Waals surface area (Å²) < 4.78 is 34.9. The molecule has 0 radical (unpaired) electrons. The van der Waals surface area contributed by atoms with Crippen LogP contribution in [0.4, 0.5) is 0 Å². The quantitative estimate of drug-likeness (QED) is 0.797. The van der Waals surface area contributed by atoms with E-state index in [9.17, 15) is 8.42 Å². The zero-order valence-electron chi connectivity index (χ0n) is 13.2. The minimum Gasteiger partial charge on any atom is -0.367 e. The summed E-state index contributed by atoms with van der Waals surface area (Å²) in [5.41, 5.74) is -0.250. The second-order valence-electron chi connectivity index (χ2n) is 6.81. The van der Waals surface area contributed by atoms with E-state index < -0.39 is 21.2 Å². The van der Waals surface area contributed by atoms with Crippen molar-refractivity contribution >= 4 is 21.6 Å². The summed E-state index contributed by atoms with van der Waals surface area (Å²) >= 11 is 5.82. The third-order valence-corrected chi connectivity index (χ3v) is 5.56. The third-order valence-electron chi connectivity index (χ3n) is 3.52. The lowest BCUT2D eigenvalue weighted by Gasteiger charge is -2.46. The summed E-state index contributed by atoms with van der Waals surface area (Å²) in [6.45, 7) is 8.31. The van der Waals surface area contributed by atoms with Crippen molar-refractivity contribution in [2.75, 3.05) is 13.1 Å². The van der Waals surface area contributed by atoms with Gasteiger partial charge in [-0.3, -0.25) is 0 Å². The van der Waals surface area contributed by atoms with Crippen LogP contribution < -0.4 is 0 Å². The van der Waals surface area contributed by atoms with Crippen LogP contribution in [-0.4, -0.2) is 41.6 Å².